The fourth-order valence-electron chi connectivity index (χ4n) is 4.23. The van der Waals surface area contributed by atoms with Crippen LogP contribution in [0.15, 0.2) is 58.5 Å². The molecule has 0 atom stereocenters. The summed E-state index contributed by atoms with van der Waals surface area (Å²) in [4.78, 5) is 33.1. The SMILES string of the molecule is O=C(CSc1nc2sc3c(c2c(=O)n1-c1ccccc1)CCC3)Nc1ccc2c(c1)OCO2. The second-order valence-corrected chi connectivity index (χ2v) is 9.84. The number of fused-ring (bicyclic) bond motifs is 4. The molecule has 0 saturated carbocycles. The molecule has 0 saturated heterocycles. The van der Waals surface area contributed by atoms with E-state index in [1.54, 1.807) is 34.1 Å². The molecule has 33 heavy (non-hydrogen) atoms. The van der Waals surface area contributed by atoms with Gasteiger partial charge in [-0.15, -0.1) is 11.3 Å². The van der Waals surface area contributed by atoms with Gasteiger partial charge in [0, 0.05) is 16.6 Å². The van der Waals surface area contributed by atoms with Crippen LogP contribution in [0.1, 0.15) is 16.9 Å². The lowest BCUT2D eigenvalue weighted by atomic mass is 10.2. The monoisotopic (exact) mass is 477 g/mol. The Morgan fingerprint density at radius 2 is 1.97 bits per heavy atom. The van der Waals surface area contributed by atoms with Gasteiger partial charge < -0.3 is 14.8 Å². The first-order chi connectivity index (χ1) is 16.2. The van der Waals surface area contributed by atoms with E-state index in [1.807, 2.05) is 30.3 Å². The highest BCUT2D eigenvalue weighted by atomic mass is 32.2. The molecule has 1 aliphatic heterocycles. The van der Waals surface area contributed by atoms with Gasteiger partial charge in [-0.05, 0) is 49.1 Å². The molecule has 2 aliphatic rings. The predicted octanol–water partition coefficient (Wildman–Crippen LogP) is 4.40. The standard InChI is InChI=1S/C24H19N3O4S2/c28-20(25-14-9-10-17-18(11-14)31-13-30-17)12-32-24-26-22-21(16-7-4-8-19(16)33-22)23(29)27(24)15-5-2-1-3-6-15/h1-3,5-6,9-11H,4,7-8,12-13H2,(H,25,28). The minimum absolute atomic E-state index is 0.0655. The van der Waals surface area contributed by atoms with Gasteiger partial charge in [0.25, 0.3) is 5.56 Å². The van der Waals surface area contributed by atoms with E-state index in [0.717, 1.165) is 40.7 Å². The molecule has 7 nitrogen and oxygen atoms in total. The topological polar surface area (TPSA) is 82.5 Å². The Kier molecular flexibility index (Phi) is 5.07. The molecule has 166 valence electrons. The van der Waals surface area contributed by atoms with Gasteiger partial charge in [-0.3, -0.25) is 14.2 Å². The van der Waals surface area contributed by atoms with Crippen LogP contribution in [0.3, 0.4) is 0 Å². The van der Waals surface area contributed by atoms with Crippen molar-refractivity contribution >= 4 is 44.9 Å². The number of nitrogens with zero attached hydrogens (tertiary/aromatic N) is 2. The summed E-state index contributed by atoms with van der Waals surface area (Å²) in [7, 11) is 0. The molecular weight excluding hydrogens is 458 g/mol. The molecule has 1 N–H and O–H groups in total. The van der Waals surface area contributed by atoms with Crippen molar-refractivity contribution in [1.82, 2.24) is 9.55 Å². The van der Waals surface area contributed by atoms with Crippen LogP contribution in [-0.2, 0) is 17.6 Å². The number of thiophene rings is 1. The van der Waals surface area contributed by atoms with E-state index in [-0.39, 0.29) is 24.0 Å². The highest BCUT2D eigenvalue weighted by Gasteiger charge is 2.24. The Morgan fingerprint density at radius 1 is 1.12 bits per heavy atom. The number of carbonyl (C=O) groups is 1. The maximum Gasteiger partial charge on any atom is 0.267 e. The second kappa shape index (κ2) is 8.24. The summed E-state index contributed by atoms with van der Waals surface area (Å²) in [5.74, 6) is 1.19. The summed E-state index contributed by atoms with van der Waals surface area (Å²) in [5, 5.41) is 4.12. The number of aromatic nitrogens is 2. The van der Waals surface area contributed by atoms with Gasteiger partial charge in [-0.25, -0.2) is 4.98 Å². The summed E-state index contributed by atoms with van der Waals surface area (Å²) in [6.07, 6.45) is 3.01. The predicted molar refractivity (Wildman–Crippen MR) is 129 cm³/mol. The third-order valence-corrected chi connectivity index (χ3v) is 7.84. The first kappa shape index (κ1) is 20.3. The van der Waals surface area contributed by atoms with Crippen LogP contribution in [0.4, 0.5) is 5.69 Å². The zero-order valence-electron chi connectivity index (χ0n) is 17.5. The summed E-state index contributed by atoms with van der Waals surface area (Å²) < 4.78 is 12.3. The largest absolute Gasteiger partial charge is 0.454 e. The normalized spacial score (nSPS) is 13.9. The van der Waals surface area contributed by atoms with E-state index in [0.29, 0.717) is 22.3 Å². The van der Waals surface area contributed by atoms with Gasteiger partial charge in [0.15, 0.2) is 16.7 Å². The molecule has 0 bridgehead atoms. The van der Waals surface area contributed by atoms with Crippen LogP contribution < -0.4 is 20.3 Å². The first-order valence-corrected chi connectivity index (χ1v) is 12.4. The third kappa shape index (κ3) is 3.67. The van der Waals surface area contributed by atoms with Gasteiger partial charge in [-0.2, -0.15) is 0 Å². The van der Waals surface area contributed by atoms with Crippen molar-refractivity contribution in [2.24, 2.45) is 0 Å². The van der Waals surface area contributed by atoms with Crippen LogP contribution in [0.2, 0.25) is 0 Å². The Bertz CT molecular complexity index is 1450. The Hall–Kier alpha value is -3.30. The highest BCUT2D eigenvalue weighted by Crippen LogP contribution is 2.36. The average molecular weight is 478 g/mol. The molecule has 6 rings (SSSR count). The van der Waals surface area contributed by atoms with Crippen LogP contribution in [0.5, 0.6) is 11.5 Å². The molecule has 2 aromatic heterocycles. The van der Waals surface area contributed by atoms with Gasteiger partial charge in [0.2, 0.25) is 12.7 Å². The van der Waals surface area contributed by atoms with E-state index in [2.05, 4.69) is 5.32 Å². The maximum absolute atomic E-state index is 13.6. The molecule has 2 aromatic carbocycles. The van der Waals surface area contributed by atoms with Crippen LogP contribution >= 0.6 is 23.1 Å². The minimum atomic E-state index is -0.193. The number of hydrogen-bond acceptors (Lipinski definition) is 7. The number of hydrogen-bond donors (Lipinski definition) is 1. The number of thioether (sulfide) groups is 1. The molecule has 4 aromatic rings. The van der Waals surface area contributed by atoms with E-state index in [4.69, 9.17) is 14.5 Å². The van der Waals surface area contributed by atoms with Gasteiger partial charge in [-0.1, -0.05) is 30.0 Å². The fourth-order valence-corrected chi connectivity index (χ4v) is 6.34. The van der Waals surface area contributed by atoms with Crippen LogP contribution in [-0.4, -0.2) is 28.0 Å². The molecule has 0 radical (unpaired) electrons. The average Bonchev–Trinajstić information content (AvgIpc) is 3.54. The van der Waals surface area contributed by atoms with Crippen molar-refractivity contribution in [3.63, 3.8) is 0 Å². The number of ether oxygens (including phenoxy) is 2. The lowest BCUT2D eigenvalue weighted by Crippen LogP contribution is -2.23. The second-order valence-electron chi connectivity index (χ2n) is 7.81. The Balaban J connectivity index is 1.31. The number of anilines is 1. The molecule has 9 heteroatoms. The van der Waals surface area contributed by atoms with E-state index < -0.39 is 0 Å². The number of benzene rings is 2. The quantitative estimate of drug-likeness (QED) is 0.339. The fraction of sp³-hybridized carbons (Fsp3) is 0.208. The number of para-hydroxylation sites is 1. The van der Waals surface area contributed by atoms with E-state index in [1.165, 1.54) is 16.6 Å². The third-order valence-electron chi connectivity index (χ3n) is 5.71. The minimum Gasteiger partial charge on any atom is -0.454 e. The first-order valence-electron chi connectivity index (χ1n) is 10.6. The Labute approximate surface area is 197 Å². The van der Waals surface area contributed by atoms with Crippen molar-refractivity contribution in [3.05, 3.63) is 69.3 Å². The van der Waals surface area contributed by atoms with E-state index in [9.17, 15) is 9.59 Å². The number of rotatable bonds is 5. The molecule has 0 fully saturated rings. The van der Waals surface area contributed by atoms with E-state index >= 15 is 0 Å². The summed E-state index contributed by atoms with van der Waals surface area (Å²) in [5.41, 5.74) is 2.45. The van der Waals surface area contributed by atoms with Crippen molar-refractivity contribution in [3.8, 4) is 17.2 Å². The zero-order valence-corrected chi connectivity index (χ0v) is 19.1. The summed E-state index contributed by atoms with van der Waals surface area (Å²) in [6.45, 7) is 0.180. The van der Waals surface area contributed by atoms with Crippen molar-refractivity contribution in [2.75, 3.05) is 17.9 Å². The smallest absolute Gasteiger partial charge is 0.267 e. The molecule has 1 amide bonds. The van der Waals surface area contributed by atoms with Crippen LogP contribution in [0.25, 0.3) is 15.9 Å². The lowest BCUT2D eigenvalue weighted by molar-refractivity contribution is -0.113. The molecule has 0 unspecified atom stereocenters. The number of nitrogens with one attached hydrogen (secondary N) is 1. The molecule has 1 aliphatic carbocycles. The highest BCUT2D eigenvalue weighted by molar-refractivity contribution is 7.99. The summed E-state index contributed by atoms with van der Waals surface area (Å²) >= 11 is 2.86. The van der Waals surface area contributed by atoms with Gasteiger partial charge >= 0.3 is 0 Å². The summed E-state index contributed by atoms with van der Waals surface area (Å²) in [6, 6.07) is 14.7. The van der Waals surface area contributed by atoms with Crippen molar-refractivity contribution < 1.29 is 14.3 Å². The van der Waals surface area contributed by atoms with Crippen molar-refractivity contribution in [2.45, 2.75) is 24.4 Å². The zero-order chi connectivity index (χ0) is 22.4. The molecular formula is C24H19N3O4S2. The number of amides is 1. The number of aryl methyl sites for hydroxylation is 2. The van der Waals surface area contributed by atoms with Crippen molar-refractivity contribution in [1.29, 1.82) is 0 Å². The molecule has 3 heterocycles. The van der Waals surface area contributed by atoms with Gasteiger partial charge in [0.05, 0.1) is 16.8 Å². The van der Waals surface area contributed by atoms with Crippen LogP contribution in [0, 0.1) is 0 Å². The number of carbonyl (C=O) groups excluding carboxylic acids is 1. The lowest BCUT2D eigenvalue weighted by Gasteiger charge is -2.12. The maximum atomic E-state index is 13.6. The Morgan fingerprint density at radius 3 is 2.85 bits per heavy atom. The van der Waals surface area contributed by atoms with Gasteiger partial charge in [0.1, 0.15) is 4.83 Å². The molecule has 0 spiro atoms.